The Hall–Kier alpha value is -2.01. The van der Waals surface area contributed by atoms with Crippen LogP contribution in [-0.2, 0) is 6.54 Å². The number of carbonyl (C=O) groups is 1. The fraction of sp³-hybridized carbons (Fsp3) is 0.375. The summed E-state index contributed by atoms with van der Waals surface area (Å²) in [5.41, 5.74) is 2.70. The van der Waals surface area contributed by atoms with Crippen LogP contribution in [0.5, 0.6) is 0 Å². The summed E-state index contributed by atoms with van der Waals surface area (Å²) in [4.78, 5) is 12.1. The van der Waals surface area contributed by atoms with Crippen molar-refractivity contribution in [2.45, 2.75) is 39.8 Å². The van der Waals surface area contributed by atoms with Crippen LogP contribution in [0.15, 0.2) is 28.8 Å². The van der Waals surface area contributed by atoms with Gasteiger partial charge in [-0.2, -0.15) is 0 Å². The number of carbonyl (C=O) groups excluding carboxylic acids is 1. The number of halogens is 1. The third kappa shape index (κ3) is 4.01. The first-order valence-electron chi connectivity index (χ1n) is 7.22. The average molecular weight is 322 g/mol. The van der Waals surface area contributed by atoms with Gasteiger partial charge in [0, 0.05) is 17.1 Å². The van der Waals surface area contributed by atoms with Gasteiger partial charge in [0.15, 0.2) is 0 Å². The van der Waals surface area contributed by atoms with E-state index in [4.69, 9.17) is 16.1 Å². The number of aryl methyl sites for hydroxylation is 2. The Balaban J connectivity index is 1.95. The van der Waals surface area contributed by atoms with Crippen molar-refractivity contribution < 1.29 is 9.32 Å². The van der Waals surface area contributed by atoms with Gasteiger partial charge in [0.2, 0.25) is 0 Å². The second-order valence-electron chi connectivity index (χ2n) is 5.16. The highest BCUT2D eigenvalue weighted by atomic mass is 35.5. The molecule has 1 aromatic heterocycles. The maximum atomic E-state index is 12.1. The molecule has 1 atom stereocenters. The predicted molar refractivity (Wildman–Crippen MR) is 85.8 cm³/mol. The van der Waals surface area contributed by atoms with Crippen LogP contribution in [0.25, 0.3) is 0 Å². The van der Waals surface area contributed by atoms with Gasteiger partial charge in [0.05, 0.1) is 11.7 Å². The van der Waals surface area contributed by atoms with E-state index in [0.717, 1.165) is 29.0 Å². The zero-order valence-electron chi connectivity index (χ0n) is 12.9. The average Bonchev–Trinajstić information content (AvgIpc) is 2.82. The van der Waals surface area contributed by atoms with E-state index in [1.807, 2.05) is 39.0 Å². The topological polar surface area (TPSA) is 67.2 Å². The monoisotopic (exact) mass is 321 g/mol. The number of aromatic nitrogens is 1. The van der Waals surface area contributed by atoms with Crippen LogP contribution in [0.4, 0.5) is 4.79 Å². The molecule has 0 aliphatic heterocycles. The molecule has 1 unspecified atom stereocenters. The molecule has 1 heterocycles. The summed E-state index contributed by atoms with van der Waals surface area (Å²) in [6, 6.07) is 7.05. The minimum atomic E-state index is -0.230. The molecule has 0 aliphatic rings. The highest BCUT2D eigenvalue weighted by molar-refractivity contribution is 6.30. The molecule has 2 N–H and O–H groups in total. The molecule has 6 heteroatoms. The molecule has 0 spiro atoms. The summed E-state index contributed by atoms with van der Waals surface area (Å²) in [5, 5.41) is 10.4. The molecule has 0 bridgehead atoms. The third-order valence-corrected chi connectivity index (χ3v) is 3.73. The van der Waals surface area contributed by atoms with E-state index in [1.165, 1.54) is 0 Å². The Bertz CT molecular complexity index is 635. The van der Waals surface area contributed by atoms with Gasteiger partial charge in [-0.25, -0.2) is 4.79 Å². The van der Waals surface area contributed by atoms with Crippen LogP contribution in [0.2, 0.25) is 5.02 Å². The quantitative estimate of drug-likeness (QED) is 0.877. The molecule has 0 fully saturated rings. The summed E-state index contributed by atoms with van der Waals surface area (Å²) >= 11 is 5.92. The third-order valence-electron chi connectivity index (χ3n) is 3.49. The number of urea groups is 1. The maximum Gasteiger partial charge on any atom is 0.315 e. The van der Waals surface area contributed by atoms with Crippen LogP contribution >= 0.6 is 11.6 Å². The Morgan fingerprint density at radius 1 is 1.41 bits per heavy atom. The van der Waals surface area contributed by atoms with Gasteiger partial charge in [-0.3, -0.25) is 0 Å². The number of rotatable bonds is 5. The molecular formula is C16H20ClN3O2. The highest BCUT2D eigenvalue weighted by Gasteiger charge is 2.20. The molecule has 2 rings (SSSR count). The smallest absolute Gasteiger partial charge is 0.315 e. The fourth-order valence-corrected chi connectivity index (χ4v) is 2.62. The molecule has 0 radical (unpaired) electrons. The van der Waals surface area contributed by atoms with Crippen LogP contribution < -0.4 is 10.6 Å². The SMILES string of the molecule is CCC(NC(=O)NCc1cccc(Cl)c1)c1c(C)noc1C. The van der Waals surface area contributed by atoms with Crippen LogP contribution in [0.3, 0.4) is 0 Å². The van der Waals surface area contributed by atoms with E-state index >= 15 is 0 Å². The van der Waals surface area contributed by atoms with Crippen molar-refractivity contribution in [3.05, 3.63) is 51.9 Å². The Morgan fingerprint density at radius 3 is 2.77 bits per heavy atom. The summed E-state index contributed by atoms with van der Waals surface area (Å²) in [6.45, 7) is 6.15. The van der Waals surface area contributed by atoms with Gasteiger partial charge in [-0.15, -0.1) is 0 Å². The number of amides is 2. The van der Waals surface area contributed by atoms with Gasteiger partial charge in [0.1, 0.15) is 5.76 Å². The molecular weight excluding hydrogens is 302 g/mol. The van der Waals surface area contributed by atoms with Gasteiger partial charge in [0.25, 0.3) is 0 Å². The second kappa shape index (κ2) is 7.31. The van der Waals surface area contributed by atoms with Crippen molar-refractivity contribution >= 4 is 17.6 Å². The lowest BCUT2D eigenvalue weighted by atomic mass is 10.0. The van der Waals surface area contributed by atoms with Crippen molar-refractivity contribution in [1.82, 2.24) is 15.8 Å². The normalized spacial score (nSPS) is 12.0. The Labute approximate surface area is 135 Å². The van der Waals surface area contributed by atoms with Gasteiger partial charge < -0.3 is 15.2 Å². The van der Waals surface area contributed by atoms with Gasteiger partial charge in [-0.05, 0) is 38.0 Å². The maximum absolute atomic E-state index is 12.1. The molecule has 5 nitrogen and oxygen atoms in total. The largest absolute Gasteiger partial charge is 0.361 e. The zero-order valence-corrected chi connectivity index (χ0v) is 13.7. The molecule has 0 saturated heterocycles. The van der Waals surface area contributed by atoms with E-state index in [0.29, 0.717) is 11.6 Å². The Kier molecular flexibility index (Phi) is 5.44. The second-order valence-corrected chi connectivity index (χ2v) is 5.59. The highest BCUT2D eigenvalue weighted by Crippen LogP contribution is 2.23. The summed E-state index contributed by atoms with van der Waals surface area (Å²) < 4.78 is 5.17. The van der Waals surface area contributed by atoms with E-state index < -0.39 is 0 Å². The lowest BCUT2D eigenvalue weighted by molar-refractivity contribution is 0.236. The molecule has 2 aromatic rings. The molecule has 2 amide bonds. The van der Waals surface area contributed by atoms with Gasteiger partial charge >= 0.3 is 6.03 Å². The molecule has 0 aliphatic carbocycles. The van der Waals surface area contributed by atoms with Gasteiger partial charge in [-0.1, -0.05) is 35.8 Å². The lowest BCUT2D eigenvalue weighted by Gasteiger charge is -2.17. The van der Waals surface area contributed by atoms with Crippen molar-refractivity contribution in [3.8, 4) is 0 Å². The number of hydrogen-bond donors (Lipinski definition) is 2. The number of nitrogens with zero attached hydrogens (tertiary/aromatic N) is 1. The number of nitrogens with one attached hydrogen (secondary N) is 2. The Morgan fingerprint density at radius 2 is 2.18 bits per heavy atom. The predicted octanol–water partition coefficient (Wildman–Crippen LogP) is 3.90. The zero-order chi connectivity index (χ0) is 16.1. The molecule has 0 saturated carbocycles. The number of benzene rings is 1. The van der Waals surface area contributed by atoms with Crippen molar-refractivity contribution in [2.75, 3.05) is 0 Å². The fourth-order valence-electron chi connectivity index (χ4n) is 2.40. The lowest BCUT2D eigenvalue weighted by Crippen LogP contribution is -2.37. The number of hydrogen-bond acceptors (Lipinski definition) is 3. The standard InChI is InChI=1S/C16H20ClN3O2/c1-4-14(15-10(2)20-22-11(15)3)19-16(21)18-9-12-6-5-7-13(17)8-12/h5-8,14H,4,9H2,1-3H3,(H2,18,19,21). The van der Waals surface area contributed by atoms with E-state index in [9.17, 15) is 4.79 Å². The van der Waals surface area contributed by atoms with E-state index in [-0.39, 0.29) is 12.1 Å². The van der Waals surface area contributed by atoms with Crippen molar-refractivity contribution in [2.24, 2.45) is 0 Å². The summed E-state index contributed by atoms with van der Waals surface area (Å²) in [5.74, 6) is 0.736. The van der Waals surface area contributed by atoms with E-state index in [2.05, 4.69) is 15.8 Å². The first-order valence-corrected chi connectivity index (χ1v) is 7.60. The summed E-state index contributed by atoms with van der Waals surface area (Å²) in [6.07, 6.45) is 0.757. The van der Waals surface area contributed by atoms with Crippen molar-refractivity contribution in [3.63, 3.8) is 0 Å². The first kappa shape index (κ1) is 16.4. The van der Waals surface area contributed by atoms with E-state index in [1.54, 1.807) is 6.07 Å². The van der Waals surface area contributed by atoms with Crippen LogP contribution in [-0.4, -0.2) is 11.2 Å². The molecule has 22 heavy (non-hydrogen) atoms. The summed E-state index contributed by atoms with van der Waals surface area (Å²) in [7, 11) is 0. The minimum absolute atomic E-state index is 0.120. The molecule has 118 valence electrons. The van der Waals surface area contributed by atoms with Crippen molar-refractivity contribution in [1.29, 1.82) is 0 Å². The minimum Gasteiger partial charge on any atom is -0.361 e. The van der Waals surface area contributed by atoms with Crippen LogP contribution in [0, 0.1) is 13.8 Å². The van der Waals surface area contributed by atoms with Crippen LogP contribution in [0.1, 0.15) is 42.0 Å². The first-order chi connectivity index (χ1) is 10.5. The molecule has 1 aromatic carbocycles.